The first-order valence-electron chi connectivity index (χ1n) is 10.1. The van der Waals surface area contributed by atoms with E-state index >= 15 is 0 Å². The molecule has 26 heavy (non-hydrogen) atoms. The number of piperidine rings is 2. The van der Waals surface area contributed by atoms with Gasteiger partial charge in [-0.3, -0.25) is 4.79 Å². The summed E-state index contributed by atoms with van der Waals surface area (Å²) in [7, 11) is 0. The fraction of sp³-hybridized carbons (Fsp3) is 0.667. The third-order valence-corrected chi connectivity index (χ3v) is 6.52. The van der Waals surface area contributed by atoms with Gasteiger partial charge in [-0.25, -0.2) is 0 Å². The largest absolute Gasteiger partial charge is 0.492 e. The van der Waals surface area contributed by atoms with Crippen LogP contribution in [-0.4, -0.2) is 43.1 Å². The molecule has 3 aliphatic rings. The van der Waals surface area contributed by atoms with Gasteiger partial charge in [0.05, 0.1) is 12.2 Å². The molecular formula is C21H29ClN2O2. The Bertz CT molecular complexity index is 678. The van der Waals surface area contributed by atoms with Crippen LogP contribution >= 0.6 is 11.6 Å². The van der Waals surface area contributed by atoms with E-state index in [0.29, 0.717) is 29.0 Å². The minimum Gasteiger partial charge on any atom is -0.492 e. The fourth-order valence-electron chi connectivity index (χ4n) is 4.97. The van der Waals surface area contributed by atoms with Crippen molar-refractivity contribution in [2.24, 2.45) is 5.92 Å². The monoisotopic (exact) mass is 376 g/mol. The zero-order chi connectivity index (χ0) is 18.1. The lowest BCUT2D eigenvalue weighted by Crippen LogP contribution is -2.53. The Labute approximate surface area is 161 Å². The first-order chi connectivity index (χ1) is 12.7. The number of ether oxygens (including phenoxy) is 1. The molecule has 3 aliphatic heterocycles. The first kappa shape index (κ1) is 18.1. The van der Waals surface area contributed by atoms with E-state index in [1.807, 2.05) is 6.07 Å². The molecule has 2 fully saturated rings. The van der Waals surface area contributed by atoms with E-state index in [2.05, 4.69) is 17.1 Å². The van der Waals surface area contributed by atoms with Gasteiger partial charge in [0, 0.05) is 24.2 Å². The van der Waals surface area contributed by atoms with E-state index in [-0.39, 0.29) is 11.9 Å². The molecule has 4 unspecified atom stereocenters. The number of nitrogens with one attached hydrogen (secondary N) is 1. The van der Waals surface area contributed by atoms with Gasteiger partial charge >= 0.3 is 0 Å². The third kappa shape index (κ3) is 3.59. The summed E-state index contributed by atoms with van der Waals surface area (Å²) in [6.45, 7) is 6.30. The van der Waals surface area contributed by atoms with E-state index in [1.54, 1.807) is 6.07 Å². The van der Waals surface area contributed by atoms with Crippen molar-refractivity contribution in [3.63, 3.8) is 0 Å². The van der Waals surface area contributed by atoms with Gasteiger partial charge in [-0.05, 0) is 68.2 Å². The number of benzene rings is 1. The van der Waals surface area contributed by atoms with Crippen LogP contribution < -0.4 is 10.1 Å². The molecule has 0 aromatic heterocycles. The quantitative estimate of drug-likeness (QED) is 0.855. The molecule has 0 aliphatic carbocycles. The highest BCUT2D eigenvalue weighted by atomic mass is 35.5. The minimum absolute atomic E-state index is 0.0232. The van der Waals surface area contributed by atoms with Gasteiger partial charge in [0.15, 0.2) is 0 Å². The molecule has 1 aromatic rings. The lowest BCUT2D eigenvalue weighted by Gasteiger charge is -2.42. The van der Waals surface area contributed by atoms with Gasteiger partial charge in [-0.2, -0.15) is 0 Å². The second kappa shape index (κ2) is 7.77. The van der Waals surface area contributed by atoms with Crippen molar-refractivity contribution < 1.29 is 9.53 Å². The number of halogens is 1. The van der Waals surface area contributed by atoms with Crippen molar-refractivity contribution in [1.29, 1.82) is 0 Å². The molecule has 4 nitrogen and oxygen atoms in total. The minimum atomic E-state index is -0.0232. The number of hydrogen-bond acceptors (Lipinski definition) is 3. The molecule has 4 rings (SSSR count). The number of carbonyl (C=O) groups excluding carboxylic acids is 1. The molecule has 1 N–H and O–H groups in total. The molecule has 2 saturated heterocycles. The van der Waals surface area contributed by atoms with Crippen LogP contribution in [0.25, 0.3) is 0 Å². The highest BCUT2D eigenvalue weighted by molar-refractivity contribution is 6.31. The number of fused-ring (bicyclic) bond motifs is 3. The van der Waals surface area contributed by atoms with Crippen LogP contribution in [0.15, 0.2) is 12.1 Å². The van der Waals surface area contributed by atoms with Gasteiger partial charge in [0.1, 0.15) is 5.75 Å². The lowest BCUT2D eigenvalue weighted by atomic mass is 9.84. The van der Waals surface area contributed by atoms with Crippen LogP contribution in [0.3, 0.4) is 0 Å². The van der Waals surface area contributed by atoms with Crippen molar-refractivity contribution in [1.82, 2.24) is 10.2 Å². The van der Waals surface area contributed by atoms with Crippen LogP contribution in [0.2, 0.25) is 5.02 Å². The first-order valence-corrected chi connectivity index (χ1v) is 10.5. The fourth-order valence-corrected chi connectivity index (χ4v) is 5.20. The summed E-state index contributed by atoms with van der Waals surface area (Å²) < 4.78 is 5.95. The van der Waals surface area contributed by atoms with Crippen LogP contribution in [0.5, 0.6) is 5.75 Å². The van der Waals surface area contributed by atoms with Gasteiger partial charge < -0.3 is 15.0 Å². The standard InChI is InChI=1S/C21H29ClN2O2/c1-2-4-14-7-10-26-20-17(14)11-16(22)12-18(20)21(25)23-19-6-9-24-8-3-5-15(19)13-24/h11-12,14-15,19H,2-10,13H2,1H3,(H,23,25). The predicted molar refractivity (Wildman–Crippen MR) is 104 cm³/mol. The Morgan fingerprint density at radius 2 is 2.19 bits per heavy atom. The Morgan fingerprint density at radius 3 is 3.04 bits per heavy atom. The van der Waals surface area contributed by atoms with Crippen molar-refractivity contribution in [2.75, 3.05) is 26.2 Å². The molecule has 1 aromatic carbocycles. The lowest BCUT2D eigenvalue weighted by molar-refractivity contribution is 0.0735. The van der Waals surface area contributed by atoms with Crippen molar-refractivity contribution in [3.05, 3.63) is 28.3 Å². The maximum Gasteiger partial charge on any atom is 0.255 e. The normalized spacial score (nSPS) is 30.2. The second-order valence-corrected chi connectivity index (χ2v) is 8.50. The molecule has 1 amide bonds. The molecular weight excluding hydrogens is 348 g/mol. The van der Waals surface area contributed by atoms with E-state index in [9.17, 15) is 4.79 Å². The van der Waals surface area contributed by atoms with Gasteiger partial charge in [-0.15, -0.1) is 0 Å². The maximum atomic E-state index is 13.1. The Kier molecular flexibility index (Phi) is 5.42. The topological polar surface area (TPSA) is 41.6 Å². The number of rotatable bonds is 4. The zero-order valence-electron chi connectivity index (χ0n) is 15.6. The van der Waals surface area contributed by atoms with E-state index in [1.165, 1.54) is 19.4 Å². The Morgan fingerprint density at radius 1 is 1.31 bits per heavy atom. The summed E-state index contributed by atoms with van der Waals surface area (Å²) in [6.07, 6.45) is 6.73. The summed E-state index contributed by atoms with van der Waals surface area (Å²) in [5.41, 5.74) is 1.73. The van der Waals surface area contributed by atoms with E-state index in [4.69, 9.17) is 16.3 Å². The summed E-state index contributed by atoms with van der Waals surface area (Å²) in [4.78, 5) is 15.6. The van der Waals surface area contributed by atoms with E-state index in [0.717, 1.165) is 50.1 Å². The van der Waals surface area contributed by atoms with Crippen LogP contribution in [-0.2, 0) is 0 Å². The van der Waals surface area contributed by atoms with Gasteiger partial charge in [0.25, 0.3) is 5.91 Å². The molecule has 5 heteroatoms. The highest BCUT2D eigenvalue weighted by Crippen LogP contribution is 2.41. The molecule has 3 heterocycles. The molecule has 0 spiro atoms. The SMILES string of the molecule is CCCC1CCOc2c(C(=O)NC3CCN4CCCC3C4)cc(Cl)cc21. The number of nitrogens with zero attached hydrogens (tertiary/aromatic N) is 1. The van der Waals surface area contributed by atoms with Crippen LogP contribution in [0, 0.1) is 5.92 Å². The Balaban J connectivity index is 1.56. The highest BCUT2D eigenvalue weighted by Gasteiger charge is 2.34. The molecule has 0 radical (unpaired) electrons. The van der Waals surface area contributed by atoms with Crippen molar-refractivity contribution in [3.8, 4) is 5.75 Å². The number of carbonyl (C=O) groups is 1. The van der Waals surface area contributed by atoms with Gasteiger partial charge in [-0.1, -0.05) is 24.9 Å². The van der Waals surface area contributed by atoms with Gasteiger partial charge in [0.2, 0.25) is 0 Å². The molecule has 4 atom stereocenters. The molecule has 2 bridgehead atoms. The van der Waals surface area contributed by atoms with Crippen molar-refractivity contribution in [2.45, 2.75) is 57.4 Å². The average Bonchev–Trinajstić information content (AvgIpc) is 2.64. The predicted octanol–water partition coefficient (Wildman–Crippen LogP) is 4.22. The number of hydrogen-bond donors (Lipinski definition) is 1. The third-order valence-electron chi connectivity index (χ3n) is 6.30. The van der Waals surface area contributed by atoms with Crippen LogP contribution in [0.1, 0.15) is 67.3 Å². The van der Waals surface area contributed by atoms with Crippen molar-refractivity contribution >= 4 is 17.5 Å². The molecule has 142 valence electrons. The average molecular weight is 377 g/mol. The van der Waals surface area contributed by atoms with E-state index < -0.39 is 0 Å². The second-order valence-electron chi connectivity index (χ2n) is 8.07. The maximum absolute atomic E-state index is 13.1. The summed E-state index contributed by atoms with van der Waals surface area (Å²) in [6, 6.07) is 4.04. The Hall–Kier alpha value is -1.26. The number of amides is 1. The summed E-state index contributed by atoms with van der Waals surface area (Å²) in [5, 5.41) is 3.94. The zero-order valence-corrected chi connectivity index (χ0v) is 16.4. The summed E-state index contributed by atoms with van der Waals surface area (Å²) >= 11 is 6.38. The van der Waals surface area contributed by atoms with Crippen LogP contribution in [0.4, 0.5) is 0 Å². The smallest absolute Gasteiger partial charge is 0.255 e. The summed E-state index contributed by atoms with van der Waals surface area (Å²) in [5.74, 6) is 1.75. The molecule has 0 saturated carbocycles.